The number of amides is 2. The molecular weight excluding hydrogens is 483 g/mol. The Kier molecular flexibility index (Phi) is 7.02. The summed E-state index contributed by atoms with van der Waals surface area (Å²) in [7, 11) is 0. The Hall–Kier alpha value is -4.58. The molecule has 0 saturated heterocycles. The average molecular weight is 505 g/mol. The van der Waals surface area contributed by atoms with E-state index in [0.717, 1.165) is 17.0 Å². The van der Waals surface area contributed by atoms with Gasteiger partial charge in [0.2, 0.25) is 11.8 Å². The van der Waals surface area contributed by atoms with E-state index in [0.29, 0.717) is 16.7 Å². The van der Waals surface area contributed by atoms with E-state index in [2.05, 4.69) is 5.32 Å². The molecule has 0 saturated carbocycles. The number of hydrogen-bond acceptors (Lipinski definition) is 4. The summed E-state index contributed by atoms with van der Waals surface area (Å²) in [5.41, 5.74) is 0.986. The number of anilines is 1. The molecule has 0 aromatic heterocycles. The Morgan fingerprint density at radius 2 is 1.81 bits per heavy atom. The minimum Gasteiger partial charge on any atom is -0.508 e. The Morgan fingerprint density at radius 3 is 2.46 bits per heavy atom. The number of aromatic hydroxyl groups is 1. The highest BCUT2D eigenvalue weighted by Crippen LogP contribution is 2.40. The summed E-state index contributed by atoms with van der Waals surface area (Å²) in [5.74, 6) is -1.68. The van der Waals surface area contributed by atoms with Gasteiger partial charge in [-0.1, -0.05) is 36.4 Å². The zero-order valence-electron chi connectivity index (χ0n) is 19.7. The first-order valence-electron chi connectivity index (χ1n) is 11.4. The van der Waals surface area contributed by atoms with Crippen molar-refractivity contribution in [2.75, 3.05) is 4.90 Å². The van der Waals surface area contributed by atoms with Crippen LogP contribution in [0.2, 0.25) is 0 Å². The second-order valence-corrected chi connectivity index (χ2v) is 8.58. The smallest absolute Gasteiger partial charge is 0.416 e. The van der Waals surface area contributed by atoms with Crippen molar-refractivity contribution in [3.8, 4) is 11.8 Å². The molecule has 0 spiro atoms. The lowest BCUT2D eigenvalue weighted by molar-refractivity contribution is -0.137. The number of nitriles is 1. The van der Waals surface area contributed by atoms with E-state index in [4.69, 9.17) is 5.26 Å². The largest absolute Gasteiger partial charge is 0.508 e. The maximum absolute atomic E-state index is 13.5. The van der Waals surface area contributed by atoms with Crippen LogP contribution >= 0.6 is 0 Å². The number of phenols is 1. The summed E-state index contributed by atoms with van der Waals surface area (Å²) in [5, 5.41) is 21.9. The molecule has 188 valence electrons. The molecule has 3 aromatic carbocycles. The van der Waals surface area contributed by atoms with Crippen LogP contribution in [0.5, 0.6) is 5.75 Å². The Morgan fingerprint density at radius 1 is 1.11 bits per heavy atom. The van der Waals surface area contributed by atoms with Crippen molar-refractivity contribution >= 4 is 17.5 Å². The van der Waals surface area contributed by atoms with Crippen LogP contribution in [-0.2, 0) is 22.3 Å². The van der Waals surface area contributed by atoms with Gasteiger partial charge in [0.05, 0.1) is 17.2 Å². The fourth-order valence-corrected chi connectivity index (χ4v) is 4.41. The lowest BCUT2D eigenvalue weighted by atomic mass is 9.82. The zero-order valence-corrected chi connectivity index (χ0v) is 19.7. The molecule has 0 aliphatic carbocycles. The molecule has 9 heteroatoms. The molecule has 1 unspecified atom stereocenters. The van der Waals surface area contributed by atoms with Gasteiger partial charge in [0.15, 0.2) is 0 Å². The fourth-order valence-electron chi connectivity index (χ4n) is 4.41. The number of phenolic OH excluding ortho intramolecular Hbond substituents is 1. The summed E-state index contributed by atoms with van der Waals surface area (Å²) in [4.78, 5) is 27.9. The molecule has 6 nitrogen and oxygen atoms in total. The highest BCUT2D eigenvalue weighted by atomic mass is 19.4. The highest BCUT2D eigenvalue weighted by Gasteiger charge is 2.38. The summed E-state index contributed by atoms with van der Waals surface area (Å²) >= 11 is 0. The Labute approximate surface area is 211 Å². The molecule has 2 N–H and O–H groups in total. The first kappa shape index (κ1) is 25.5. The van der Waals surface area contributed by atoms with Crippen molar-refractivity contribution in [1.82, 2.24) is 5.32 Å². The molecule has 1 aliphatic heterocycles. The third-order valence-electron chi connectivity index (χ3n) is 6.25. The van der Waals surface area contributed by atoms with E-state index in [1.165, 1.54) is 25.1 Å². The molecule has 2 amide bonds. The summed E-state index contributed by atoms with van der Waals surface area (Å²) in [6.07, 6.45) is -4.77. The van der Waals surface area contributed by atoms with Crippen LogP contribution in [0.25, 0.3) is 0 Å². The van der Waals surface area contributed by atoms with Gasteiger partial charge in [-0.3, -0.25) is 14.5 Å². The number of halogens is 3. The Bertz CT molecular complexity index is 1420. The molecule has 1 heterocycles. The molecule has 0 fully saturated rings. The third kappa shape index (κ3) is 5.33. The molecule has 4 rings (SSSR count). The van der Waals surface area contributed by atoms with Crippen LogP contribution in [0.15, 0.2) is 84.1 Å². The van der Waals surface area contributed by atoms with E-state index < -0.39 is 29.5 Å². The number of nitrogens with zero attached hydrogens (tertiary/aromatic N) is 2. The van der Waals surface area contributed by atoms with Crippen LogP contribution in [0, 0.1) is 11.3 Å². The number of para-hydroxylation sites is 1. The molecule has 37 heavy (non-hydrogen) atoms. The van der Waals surface area contributed by atoms with E-state index in [1.54, 1.807) is 42.5 Å². The first-order valence-corrected chi connectivity index (χ1v) is 11.4. The molecule has 1 atom stereocenters. The molecule has 0 bridgehead atoms. The van der Waals surface area contributed by atoms with Crippen molar-refractivity contribution in [3.05, 3.63) is 106 Å². The number of benzene rings is 3. The SMILES string of the molecule is CC1=C(C(=O)NCc2ccccc2O)C(c2ccc(C#N)cc2)CC(=O)N1c1cccc(C(F)(F)F)c1. The van der Waals surface area contributed by atoms with Gasteiger partial charge in [0.25, 0.3) is 0 Å². The molecule has 1 aliphatic rings. The lowest BCUT2D eigenvalue weighted by Crippen LogP contribution is -2.40. The van der Waals surface area contributed by atoms with Crippen molar-refractivity contribution in [1.29, 1.82) is 5.26 Å². The van der Waals surface area contributed by atoms with Gasteiger partial charge in [0, 0.05) is 41.4 Å². The normalized spacial score (nSPS) is 15.9. The predicted octanol–water partition coefficient (Wildman–Crippen LogP) is 5.39. The van der Waals surface area contributed by atoms with Gasteiger partial charge in [0.1, 0.15) is 5.75 Å². The minimum atomic E-state index is -4.60. The number of carbonyl (C=O) groups is 2. The monoisotopic (exact) mass is 505 g/mol. The van der Waals surface area contributed by atoms with Crippen LogP contribution < -0.4 is 10.2 Å². The average Bonchev–Trinajstić information content (AvgIpc) is 2.87. The van der Waals surface area contributed by atoms with Crippen molar-refractivity contribution in [2.45, 2.75) is 32.0 Å². The summed E-state index contributed by atoms with van der Waals surface area (Å²) in [6, 6.07) is 19.3. The van der Waals surface area contributed by atoms with Crippen LogP contribution in [0.1, 0.15) is 41.5 Å². The van der Waals surface area contributed by atoms with E-state index >= 15 is 0 Å². The number of rotatable bonds is 5. The van der Waals surface area contributed by atoms with Crippen LogP contribution in [0.4, 0.5) is 18.9 Å². The van der Waals surface area contributed by atoms with Crippen molar-refractivity contribution in [2.24, 2.45) is 0 Å². The Balaban J connectivity index is 1.77. The number of carbonyl (C=O) groups excluding carboxylic acids is 2. The van der Waals surface area contributed by atoms with Gasteiger partial charge in [-0.05, 0) is 48.9 Å². The topological polar surface area (TPSA) is 93.4 Å². The van der Waals surface area contributed by atoms with Gasteiger partial charge in [-0.25, -0.2) is 0 Å². The first-order chi connectivity index (χ1) is 17.6. The quantitative estimate of drug-likeness (QED) is 0.486. The van der Waals surface area contributed by atoms with E-state index in [9.17, 15) is 27.9 Å². The van der Waals surface area contributed by atoms with Crippen molar-refractivity contribution in [3.63, 3.8) is 0 Å². The summed E-state index contributed by atoms with van der Waals surface area (Å²) < 4.78 is 40.1. The highest BCUT2D eigenvalue weighted by molar-refractivity contribution is 6.06. The van der Waals surface area contributed by atoms with E-state index in [1.807, 2.05) is 6.07 Å². The number of allylic oxidation sites excluding steroid dienone is 1. The fraction of sp³-hybridized carbons (Fsp3) is 0.179. The van der Waals surface area contributed by atoms with Gasteiger partial charge in [-0.2, -0.15) is 18.4 Å². The number of alkyl halides is 3. The molecular formula is C28H22F3N3O3. The zero-order chi connectivity index (χ0) is 26.7. The summed E-state index contributed by atoms with van der Waals surface area (Å²) in [6.45, 7) is 1.52. The van der Waals surface area contributed by atoms with E-state index in [-0.39, 0.29) is 35.7 Å². The van der Waals surface area contributed by atoms with Crippen LogP contribution in [0.3, 0.4) is 0 Å². The lowest BCUT2D eigenvalue weighted by Gasteiger charge is -2.35. The molecule has 3 aromatic rings. The second kappa shape index (κ2) is 10.2. The second-order valence-electron chi connectivity index (χ2n) is 8.58. The minimum absolute atomic E-state index is 0.000117. The third-order valence-corrected chi connectivity index (χ3v) is 6.25. The molecule has 0 radical (unpaired) electrons. The van der Waals surface area contributed by atoms with Crippen molar-refractivity contribution < 1.29 is 27.9 Å². The van der Waals surface area contributed by atoms with Gasteiger partial charge >= 0.3 is 6.18 Å². The van der Waals surface area contributed by atoms with Gasteiger partial charge in [-0.15, -0.1) is 0 Å². The standard InChI is InChI=1S/C28H22F3N3O3/c1-17-26(27(37)33-16-20-5-2-3-8-24(20)35)23(19-11-9-18(15-32)10-12-19)14-25(36)34(17)22-7-4-6-21(13-22)28(29,30)31/h2-13,23,35H,14,16H2,1H3,(H,33,37). The number of hydrogen-bond donors (Lipinski definition) is 2. The van der Waals surface area contributed by atoms with Crippen LogP contribution in [-0.4, -0.2) is 16.9 Å². The maximum Gasteiger partial charge on any atom is 0.416 e. The number of nitrogens with one attached hydrogen (secondary N) is 1. The van der Waals surface area contributed by atoms with Gasteiger partial charge < -0.3 is 10.4 Å². The predicted molar refractivity (Wildman–Crippen MR) is 130 cm³/mol. The maximum atomic E-state index is 13.5.